The van der Waals surface area contributed by atoms with Crippen LogP contribution in [0.1, 0.15) is 29.6 Å². The molecule has 1 aromatic heterocycles. The minimum Gasteiger partial charge on any atom is -0.366 e. The number of aromatic nitrogens is 3. The number of nitrogen functional groups attached to an aromatic ring is 1. The van der Waals surface area contributed by atoms with Crippen molar-refractivity contribution in [3.8, 4) is 0 Å². The van der Waals surface area contributed by atoms with Crippen molar-refractivity contribution in [1.82, 2.24) is 14.8 Å². The molecule has 2 heterocycles. The molecule has 0 bridgehead atoms. The van der Waals surface area contributed by atoms with Crippen molar-refractivity contribution in [2.45, 2.75) is 18.5 Å². The van der Waals surface area contributed by atoms with Crippen LogP contribution in [0, 0.1) is 5.82 Å². The smallest absolute Gasteiger partial charge is 0.241 e. The minimum absolute atomic E-state index is 0.0389. The fourth-order valence-corrected chi connectivity index (χ4v) is 3.37. The maximum absolute atomic E-state index is 13.2. The molecule has 5 nitrogen and oxygen atoms in total. The highest BCUT2D eigenvalue weighted by Gasteiger charge is 2.31. The number of nitrogens with zero attached hydrogens (tertiary/aromatic N) is 3. The van der Waals surface area contributed by atoms with Crippen molar-refractivity contribution in [2.75, 3.05) is 11.1 Å². The van der Waals surface area contributed by atoms with E-state index in [0.29, 0.717) is 17.4 Å². The summed E-state index contributed by atoms with van der Waals surface area (Å²) in [4.78, 5) is 4.25. The molecule has 2 aromatic carbocycles. The van der Waals surface area contributed by atoms with Gasteiger partial charge in [0, 0.05) is 5.02 Å². The predicted octanol–water partition coefficient (Wildman–Crippen LogP) is 3.80. The third-order valence-corrected chi connectivity index (χ3v) is 4.59. The summed E-state index contributed by atoms with van der Waals surface area (Å²) < 4.78 is 15.0. The second kappa shape index (κ2) is 5.79. The summed E-state index contributed by atoms with van der Waals surface area (Å²) in [6.45, 7) is 0. The quantitative estimate of drug-likeness (QED) is 0.742. The lowest BCUT2D eigenvalue weighted by molar-refractivity contribution is 0.431. The van der Waals surface area contributed by atoms with E-state index in [1.165, 1.54) is 12.1 Å². The van der Waals surface area contributed by atoms with Gasteiger partial charge in [0.25, 0.3) is 0 Å². The Hall–Kier alpha value is -2.60. The number of nitrogens with one attached hydrogen (secondary N) is 1. The molecule has 3 N–H and O–H groups in total. The lowest BCUT2D eigenvalue weighted by Gasteiger charge is -2.32. The molecule has 0 radical (unpaired) electrons. The summed E-state index contributed by atoms with van der Waals surface area (Å²) in [6.07, 6.45) is 0.700. The Labute approximate surface area is 143 Å². The van der Waals surface area contributed by atoms with E-state index >= 15 is 0 Å². The van der Waals surface area contributed by atoms with Gasteiger partial charge < -0.3 is 11.1 Å². The van der Waals surface area contributed by atoms with Gasteiger partial charge in [0.2, 0.25) is 11.9 Å². The molecule has 3 aromatic rings. The molecule has 0 fully saturated rings. The Morgan fingerprint density at radius 2 is 1.92 bits per heavy atom. The van der Waals surface area contributed by atoms with Gasteiger partial charge in [0.05, 0.1) is 12.1 Å². The minimum atomic E-state index is -0.260. The largest absolute Gasteiger partial charge is 0.366 e. The van der Waals surface area contributed by atoms with Crippen LogP contribution in [0.4, 0.5) is 16.3 Å². The van der Waals surface area contributed by atoms with Crippen molar-refractivity contribution >= 4 is 23.5 Å². The summed E-state index contributed by atoms with van der Waals surface area (Å²) >= 11 is 6.38. The first kappa shape index (κ1) is 15.0. The Morgan fingerprint density at radius 3 is 2.67 bits per heavy atom. The maximum Gasteiger partial charge on any atom is 0.241 e. The topological polar surface area (TPSA) is 68.8 Å². The Kier molecular flexibility index (Phi) is 3.61. The lowest BCUT2D eigenvalue weighted by atomic mass is 9.93. The van der Waals surface area contributed by atoms with E-state index in [9.17, 15) is 4.39 Å². The summed E-state index contributed by atoms with van der Waals surface area (Å²) in [7, 11) is 0. The van der Waals surface area contributed by atoms with Crippen LogP contribution in [0.15, 0.2) is 48.5 Å². The second-order valence-corrected chi connectivity index (χ2v) is 6.17. The zero-order chi connectivity index (χ0) is 16.7. The van der Waals surface area contributed by atoms with Gasteiger partial charge in [0.1, 0.15) is 5.82 Å². The first-order chi connectivity index (χ1) is 11.6. The third kappa shape index (κ3) is 2.59. The van der Waals surface area contributed by atoms with Crippen molar-refractivity contribution in [2.24, 2.45) is 0 Å². The highest BCUT2D eigenvalue weighted by Crippen LogP contribution is 2.39. The van der Waals surface area contributed by atoms with Gasteiger partial charge in [-0.1, -0.05) is 41.9 Å². The molecule has 0 unspecified atom stereocenters. The van der Waals surface area contributed by atoms with Crippen LogP contribution in [0.5, 0.6) is 0 Å². The first-order valence-electron chi connectivity index (χ1n) is 7.60. The molecule has 0 aliphatic carbocycles. The van der Waals surface area contributed by atoms with Crippen molar-refractivity contribution in [3.63, 3.8) is 0 Å². The van der Waals surface area contributed by atoms with E-state index in [0.717, 1.165) is 11.1 Å². The number of nitrogens with two attached hydrogens (primary N) is 1. The van der Waals surface area contributed by atoms with E-state index in [-0.39, 0.29) is 23.8 Å². The SMILES string of the molecule is Nc1nc2n(n1)[C@H](c1ccccc1Cl)C[C@H](c1ccc(F)cc1)N2. The monoisotopic (exact) mass is 343 g/mol. The predicted molar refractivity (Wildman–Crippen MR) is 91.4 cm³/mol. The number of hydrogen-bond donors (Lipinski definition) is 2. The third-order valence-electron chi connectivity index (χ3n) is 4.24. The zero-order valence-corrected chi connectivity index (χ0v) is 13.4. The van der Waals surface area contributed by atoms with Gasteiger partial charge in [-0.15, -0.1) is 5.10 Å². The van der Waals surface area contributed by atoms with Crippen LogP contribution < -0.4 is 11.1 Å². The normalized spacial score (nSPS) is 19.6. The summed E-state index contributed by atoms with van der Waals surface area (Å²) in [5, 5.41) is 8.28. The Morgan fingerprint density at radius 1 is 1.17 bits per heavy atom. The number of halogens is 2. The van der Waals surface area contributed by atoms with Crippen LogP contribution in [-0.2, 0) is 0 Å². The van der Waals surface area contributed by atoms with Crippen LogP contribution >= 0.6 is 11.6 Å². The molecule has 24 heavy (non-hydrogen) atoms. The molecular formula is C17H15ClFN5. The van der Waals surface area contributed by atoms with Gasteiger partial charge >= 0.3 is 0 Å². The number of rotatable bonds is 2. The van der Waals surface area contributed by atoms with Crippen LogP contribution in [0.2, 0.25) is 5.02 Å². The number of benzene rings is 2. The van der Waals surface area contributed by atoms with E-state index in [2.05, 4.69) is 15.4 Å². The average Bonchev–Trinajstić information content (AvgIpc) is 2.95. The van der Waals surface area contributed by atoms with E-state index in [1.807, 2.05) is 24.3 Å². The van der Waals surface area contributed by atoms with Gasteiger partial charge in [-0.25, -0.2) is 9.07 Å². The molecular weight excluding hydrogens is 329 g/mol. The van der Waals surface area contributed by atoms with Crippen molar-refractivity contribution < 1.29 is 4.39 Å². The van der Waals surface area contributed by atoms with Gasteiger partial charge in [0.15, 0.2) is 0 Å². The Balaban J connectivity index is 1.78. The summed E-state index contributed by atoms with van der Waals surface area (Å²) in [5.41, 5.74) is 7.71. The molecule has 0 amide bonds. The summed E-state index contributed by atoms with van der Waals surface area (Å²) in [6, 6.07) is 14.0. The molecule has 0 saturated carbocycles. The average molecular weight is 344 g/mol. The standard InChI is InChI=1S/C17H15ClFN5/c18-13-4-2-1-3-12(13)15-9-14(10-5-7-11(19)8-6-10)21-17-22-16(20)23-24(15)17/h1-8,14-15H,9H2,(H3,20,21,22,23)/t14-,15+/m1/s1. The van der Waals surface area contributed by atoms with E-state index < -0.39 is 0 Å². The molecule has 122 valence electrons. The molecule has 2 atom stereocenters. The first-order valence-corrected chi connectivity index (χ1v) is 7.98. The molecule has 4 rings (SSSR count). The van der Waals surface area contributed by atoms with Crippen molar-refractivity contribution in [3.05, 3.63) is 70.5 Å². The number of anilines is 2. The van der Waals surface area contributed by atoms with Crippen LogP contribution in [0.25, 0.3) is 0 Å². The molecule has 1 aliphatic heterocycles. The zero-order valence-electron chi connectivity index (χ0n) is 12.7. The molecule has 7 heteroatoms. The molecule has 0 spiro atoms. The fourth-order valence-electron chi connectivity index (χ4n) is 3.11. The molecule has 0 saturated heterocycles. The highest BCUT2D eigenvalue weighted by molar-refractivity contribution is 6.31. The maximum atomic E-state index is 13.2. The van der Waals surface area contributed by atoms with Crippen LogP contribution in [-0.4, -0.2) is 14.8 Å². The van der Waals surface area contributed by atoms with E-state index in [1.54, 1.807) is 16.8 Å². The van der Waals surface area contributed by atoms with Crippen LogP contribution in [0.3, 0.4) is 0 Å². The Bertz CT molecular complexity index is 877. The number of hydrogen-bond acceptors (Lipinski definition) is 4. The van der Waals surface area contributed by atoms with E-state index in [4.69, 9.17) is 17.3 Å². The molecule has 1 aliphatic rings. The summed E-state index contributed by atoms with van der Waals surface area (Å²) in [5.74, 6) is 0.525. The van der Waals surface area contributed by atoms with Gasteiger partial charge in [-0.2, -0.15) is 4.98 Å². The van der Waals surface area contributed by atoms with Gasteiger partial charge in [-0.05, 0) is 35.7 Å². The fraction of sp³-hybridized carbons (Fsp3) is 0.176. The second-order valence-electron chi connectivity index (χ2n) is 5.76. The highest BCUT2D eigenvalue weighted by atomic mass is 35.5. The number of fused-ring (bicyclic) bond motifs is 1. The lowest BCUT2D eigenvalue weighted by Crippen LogP contribution is -2.28. The van der Waals surface area contributed by atoms with Gasteiger partial charge in [-0.3, -0.25) is 0 Å². The van der Waals surface area contributed by atoms with Crippen molar-refractivity contribution in [1.29, 1.82) is 0 Å².